The number of nitrogens with one attached hydrogen (secondary N) is 1. The molecule has 0 bridgehead atoms. The molecule has 39 heavy (non-hydrogen) atoms. The summed E-state index contributed by atoms with van der Waals surface area (Å²) in [5, 5.41) is 3.41. The van der Waals surface area contributed by atoms with Gasteiger partial charge in [-0.1, -0.05) is 12.1 Å². The average molecular weight is 540 g/mol. The third kappa shape index (κ3) is 5.58. The molecule has 0 spiro atoms. The number of piperidine rings is 1. The van der Waals surface area contributed by atoms with E-state index < -0.39 is 5.97 Å². The van der Waals surface area contributed by atoms with Gasteiger partial charge in [0.25, 0.3) is 0 Å². The first-order valence-electron chi connectivity index (χ1n) is 13.0. The quantitative estimate of drug-likeness (QED) is 0.285. The number of fused-ring (bicyclic) bond motifs is 1. The minimum absolute atomic E-state index is 0.202. The Kier molecular flexibility index (Phi) is 7.14. The van der Waals surface area contributed by atoms with Crippen LogP contribution in [0, 0.1) is 6.92 Å². The number of hydrogen-bond acceptors (Lipinski definition) is 9. The van der Waals surface area contributed by atoms with Crippen molar-refractivity contribution in [3.8, 4) is 33.2 Å². The van der Waals surface area contributed by atoms with Gasteiger partial charge < -0.3 is 15.5 Å². The van der Waals surface area contributed by atoms with Gasteiger partial charge in [-0.25, -0.2) is 14.8 Å². The van der Waals surface area contributed by atoms with Crippen LogP contribution in [-0.4, -0.2) is 68.1 Å². The van der Waals surface area contributed by atoms with Gasteiger partial charge >= 0.3 is 5.97 Å². The summed E-state index contributed by atoms with van der Waals surface area (Å²) in [5.74, 6) is -0.411. The van der Waals surface area contributed by atoms with Crippen molar-refractivity contribution >= 4 is 28.2 Å². The number of nitrogens with zero attached hydrogens (tertiary/aromatic N) is 5. The zero-order valence-electron chi connectivity index (χ0n) is 21.6. The van der Waals surface area contributed by atoms with Crippen molar-refractivity contribution in [2.45, 2.75) is 25.8 Å². The monoisotopic (exact) mass is 539 g/mol. The normalized spacial score (nSPS) is 16.0. The van der Waals surface area contributed by atoms with Crippen molar-refractivity contribution < 1.29 is 9.53 Å². The molecule has 1 atom stereocenters. The first kappa shape index (κ1) is 25.3. The molecule has 1 aliphatic heterocycles. The van der Waals surface area contributed by atoms with Gasteiger partial charge in [0, 0.05) is 52.9 Å². The lowest BCUT2D eigenvalue weighted by molar-refractivity contribution is 0.0442. The highest BCUT2D eigenvalue weighted by Gasteiger charge is 2.18. The first-order valence-corrected chi connectivity index (χ1v) is 13.9. The maximum absolute atomic E-state index is 12.6. The van der Waals surface area contributed by atoms with Crippen LogP contribution in [0.4, 0.5) is 0 Å². The Bertz CT molecular complexity index is 1630. The van der Waals surface area contributed by atoms with Gasteiger partial charge in [-0.2, -0.15) is 0 Å². The highest BCUT2D eigenvalue weighted by molar-refractivity contribution is 7.13. The van der Waals surface area contributed by atoms with Crippen LogP contribution < -0.4 is 5.73 Å². The third-order valence-electron chi connectivity index (χ3n) is 6.88. The summed E-state index contributed by atoms with van der Waals surface area (Å²) in [4.78, 5) is 36.5. The van der Waals surface area contributed by atoms with E-state index in [1.165, 1.54) is 11.3 Å². The minimum Gasteiger partial charge on any atom is -0.460 e. The fraction of sp³-hybridized carbons (Fsp3) is 0.276. The van der Waals surface area contributed by atoms with Crippen LogP contribution in [0.5, 0.6) is 0 Å². The number of thiazole rings is 1. The number of carbonyl (C=O) groups excluding carboxylic acids is 1. The second-order valence-corrected chi connectivity index (χ2v) is 10.7. The summed E-state index contributed by atoms with van der Waals surface area (Å²) < 4.78 is 5.49. The summed E-state index contributed by atoms with van der Waals surface area (Å²) >= 11 is 1.40. The van der Waals surface area contributed by atoms with Crippen molar-refractivity contribution in [2.75, 3.05) is 26.2 Å². The molecule has 0 aliphatic carbocycles. The summed E-state index contributed by atoms with van der Waals surface area (Å²) in [5.41, 5.74) is 12.5. The molecule has 0 saturated carbocycles. The summed E-state index contributed by atoms with van der Waals surface area (Å²) in [6.07, 6.45) is 5.60. The standard InChI is InChI=1S/C29H29N7O2S/c1-18-4-2-6-24(34-18)27-26(32-17-33-27)19-7-8-23-20(12-19)13-21(14-31-23)28-35-25(16-39-28)29(37)38-11-10-36-9-3-5-22(30)15-36/h2,4,6-8,12-14,16-17,22H,3,5,9-11,15,30H2,1H3,(H,32,33)/t22-/m0/s1. The molecule has 1 saturated heterocycles. The molecule has 1 fully saturated rings. The van der Waals surface area contributed by atoms with Gasteiger partial charge in [0.05, 0.1) is 28.9 Å². The molecule has 198 valence electrons. The number of aromatic amines is 1. The number of imidazole rings is 1. The van der Waals surface area contributed by atoms with E-state index in [1.54, 1.807) is 17.9 Å². The fourth-order valence-electron chi connectivity index (χ4n) is 4.92. The second-order valence-electron chi connectivity index (χ2n) is 9.80. The number of ether oxygens (including phenoxy) is 1. The molecule has 0 radical (unpaired) electrons. The first-order chi connectivity index (χ1) is 19.0. The fourth-order valence-corrected chi connectivity index (χ4v) is 5.69. The van der Waals surface area contributed by atoms with Gasteiger partial charge in [0.2, 0.25) is 0 Å². The topological polar surface area (TPSA) is 123 Å². The zero-order valence-corrected chi connectivity index (χ0v) is 22.4. The number of nitrogens with two attached hydrogens (primary N) is 1. The number of rotatable bonds is 7. The van der Waals surface area contributed by atoms with Crippen LogP contribution in [0.15, 0.2) is 60.4 Å². The number of aryl methyl sites for hydroxylation is 1. The highest BCUT2D eigenvalue weighted by atomic mass is 32.1. The highest BCUT2D eigenvalue weighted by Crippen LogP contribution is 2.32. The van der Waals surface area contributed by atoms with Crippen LogP contribution in [0.1, 0.15) is 29.0 Å². The predicted octanol–water partition coefficient (Wildman–Crippen LogP) is 4.70. The van der Waals surface area contributed by atoms with Crippen LogP contribution in [0.2, 0.25) is 0 Å². The molecule has 5 heterocycles. The van der Waals surface area contributed by atoms with Crippen molar-refractivity contribution in [1.29, 1.82) is 0 Å². The lowest BCUT2D eigenvalue weighted by Crippen LogP contribution is -2.44. The molecule has 9 nitrogen and oxygen atoms in total. The third-order valence-corrected chi connectivity index (χ3v) is 7.77. The lowest BCUT2D eigenvalue weighted by Gasteiger charge is -2.30. The van der Waals surface area contributed by atoms with Crippen molar-refractivity contribution in [3.63, 3.8) is 0 Å². The van der Waals surface area contributed by atoms with Gasteiger partial charge in [0.15, 0.2) is 5.69 Å². The number of esters is 1. The van der Waals surface area contributed by atoms with Crippen LogP contribution in [-0.2, 0) is 4.74 Å². The largest absolute Gasteiger partial charge is 0.460 e. The van der Waals surface area contributed by atoms with E-state index in [-0.39, 0.29) is 6.04 Å². The molecule has 1 aliphatic rings. The number of benzene rings is 1. The van der Waals surface area contributed by atoms with E-state index in [2.05, 4.69) is 35.9 Å². The van der Waals surface area contributed by atoms with E-state index in [0.29, 0.717) is 23.9 Å². The molecular formula is C29H29N7O2S. The molecule has 1 aromatic carbocycles. The second kappa shape index (κ2) is 11.0. The summed E-state index contributed by atoms with van der Waals surface area (Å²) in [7, 11) is 0. The Balaban J connectivity index is 1.19. The van der Waals surface area contributed by atoms with Crippen molar-refractivity contribution in [2.24, 2.45) is 5.73 Å². The average Bonchev–Trinajstić information content (AvgIpc) is 3.63. The van der Waals surface area contributed by atoms with E-state index in [4.69, 9.17) is 10.5 Å². The molecule has 6 rings (SSSR count). The van der Waals surface area contributed by atoms with E-state index in [0.717, 1.165) is 70.7 Å². The zero-order chi connectivity index (χ0) is 26.8. The van der Waals surface area contributed by atoms with E-state index >= 15 is 0 Å². The van der Waals surface area contributed by atoms with Crippen LogP contribution >= 0.6 is 11.3 Å². The number of pyridine rings is 2. The molecule has 3 N–H and O–H groups in total. The lowest BCUT2D eigenvalue weighted by atomic mass is 10.0. The van der Waals surface area contributed by atoms with Crippen LogP contribution in [0.25, 0.3) is 44.1 Å². The predicted molar refractivity (Wildman–Crippen MR) is 152 cm³/mol. The van der Waals surface area contributed by atoms with E-state index in [1.807, 2.05) is 43.3 Å². The maximum atomic E-state index is 12.6. The van der Waals surface area contributed by atoms with Crippen molar-refractivity contribution in [3.05, 3.63) is 71.8 Å². The SMILES string of the molecule is Cc1cccc(-c2[nH]cnc2-c2ccc3ncc(-c4nc(C(=O)OCCN5CCC[C@H](N)C5)cs4)cc3c2)n1. The Morgan fingerprint density at radius 2 is 2.08 bits per heavy atom. The molecular weight excluding hydrogens is 510 g/mol. The van der Waals surface area contributed by atoms with E-state index in [9.17, 15) is 4.79 Å². The molecule has 5 aromatic rings. The van der Waals surface area contributed by atoms with Gasteiger partial charge in [0.1, 0.15) is 11.6 Å². The Morgan fingerprint density at radius 1 is 1.18 bits per heavy atom. The van der Waals surface area contributed by atoms with Crippen molar-refractivity contribution in [1.82, 2.24) is 29.8 Å². The van der Waals surface area contributed by atoms with Gasteiger partial charge in [-0.3, -0.25) is 14.9 Å². The molecule has 4 aromatic heterocycles. The number of aromatic nitrogens is 5. The maximum Gasteiger partial charge on any atom is 0.357 e. The summed E-state index contributed by atoms with van der Waals surface area (Å²) in [6.45, 7) is 4.82. The summed E-state index contributed by atoms with van der Waals surface area (Å²) in [6, 6.07) is 14.2. The van der Waals surface area contributed by atoms with Gasteiger partial charge in [-0.05, 0) is 56.6 Å². The smallest absolute Gasteiger partial charge is 0.357 e. The Labute approximate surface area is 230 Å². The Morgan fingerprint density at radius 3 is 2.95 bits per heavy atom. The Hall–Kier alpha value is -3.99. The van der Waals surface area contributed by atoms with Gasteiger partial charge in [-0.15, -0.1) is 11.3 Å². The number of H-pyrrole nitrogens is 1. The minimum atomic E-state index is -0.411. The molecule has 0 unspecified atom stereocenters. The molecule has 10 heteroatoms. The molecule has 0 amide bonds. The number of carbonyl (C=O) groups is 1. The number of hydrogen-bond donors (Lipinski definition) is 2. The van der Waals surface area contributed by atoms with Crippen LogP contribution in [0.3, 0.4) is 0 Å². The number of likely N-dealkylation sites (tertiary alicyclic amines) is 1.